The van der Waals surface area contributed by atoms with E-state index in [4.69, 9.17) is 0 Å². The average Bonchev–Trinajstić information content (AvgIpc) is 1.78. The summed E-state index contributed by atoms with van der Waals surface area (Å²) in [5, 5.41) is 0. The second kappa shape index (κ2) is 7.61. The van der Waals surface area contributed by atoms with E-state index < -0.39 is 10.1 Å². The molecule has 7 heteroatoms. The van der Waals surface area contributed by atoms with E-state index in [-0.39, 0.29) is 35.3 Å². The maximum atomic E-state index is 10.1. The van der Waals surface area contributed by atoms with Gasteiger partial charge in [0.15, 0.2) is 0 Å². The van der Waals surface area contributed by atoms with Crippen molar-refractivity contribution < 1.29 is 42.5 Å². The van der Waals surface area contributed by atoms with Crippen LogP contribution in [0.25, 0.3) is 0 Å². The second-order valence-electron chi connectivity index (χ2n) is 2.26. The van der Waals surface area contributed by atoms with Crippen LogP contribution in [0.3, 0.4) is 0 Å². The summed E-state index contributed by atoms with van der Waals surface area (Å²) in [7, 11) is -0.261. The van der Waals surface area contributed by atoms with Crippen LogP contribution in [0.5, 0.6) is 0 Å². The summed E-state index contributed by atoms with van der Waals surface area (Å²) in [5.41, 5.74) is 0. The van der Waals surface area contributed by atoms with Crippen molar-refractivity contribution in [2.45, 2.75) is 6.42 Å². The van der Waals surface area contributed by atoms with Gasteiger partial charge in [0, 0.05) is 11.5 Å². The van der Waals surface area contributed by atoms with Gasteiger partial charge in [0.1, 0.15) is 0 Å². The Morgan fingerprint density at radius 2 is 1.92 bits per heavy atom. The van der Waals surface area contributed by atoms with Gasteiger partial charge in [-0.2, -0.15) is 0 Å². The fraction of sp³-hybridized carbons (Fsp3) is 1.00. The first-order chi connectivity index (χ1) is 4.92. The molecule has 0 aliphatic carbocycles. The fourth-order valence-corrected chi connectivity index (χ4v) is 1.80. The zero-order valence-electron chi connectivity index (χ0n) is 7.61. The molecule has 0 saturated heterocycles. The zero-order chi connectivity index (χ0) is 8.91. The average molecular weight is 221 g/mol. The maximum Gasteiger partial charge on any atom is 1.00 e. The Kier molecular flexibility index (Phi) is 9.94. The Morgan fingerprint density at radius 3 is 2.25 bits per heavy atom. The Hall–Kier alpha value is 1.22. The van der Waals surface area contributed by atoms with Crippen molar-refractivity contribution in [1.82, 2.24) is 4.31 Å². The van der Waals surface area contributed by atoms with E-state index in [1.165, 1.54) is 11.9 Å². The molecule has 0 bridgehead atoms. The minimum atomic E-state index is -4.00. The van der Waals surface area contributed by atoms with Gasteiger partial charge >= 0.3 is 29.6 Å². The van der Waals surface area contributed by atoms with Gasteiger partial charge < -0.3 is 4.55 Å². The van der Waals surface area contributed by atoms with Gasteiger partial charge in [0.2, 0.25) is 0 Å². The van der Waals surface area contributed by atoms with Crippen LogP contribution >= 0.6 is 11.9 Å². The smallest absolute Gasteiger partial charge is 0.748 e. The van der Waals surface area contributed by atoms with Crippen molar-refractivity contribution in [3.63, 3.8) is 0 Å². The molecule has 0 rings (SSSR count). The molecule has 0 aromatic heterocycles. The predicted octanol–water partition coefficient (Wildman–Crippen LogP) is -2.86. The summed E-state index contributed by atoms with van der Waals surface area (Å²) in [6.45, 7) is 0. The summed E-state index contributed by atoms with van der Waals surface area (Å²) in [5.74, 6) is 0.419. The molecule has 0 aromatic rings. The van der Waals surface area contributed by atoms with Gasteiger partial charge in [-0.25, -0.2) is 8.42 Å². The molecule has 0 N–H and O–H groups in total. The molecule has 12 heavy (non-hydrogen) atoms. The molecule has 0 heterocycles. The molecule has 0 atom stereocenters. The zero-order valence-corrected chi connectivity index (χ0v) is 11.2. The van der Waals surface area contributed by atoms with Crippen LogP contribution < -0.4 is 29.6 Å². The molecule has 0 amide bonds. The van der Waals surface area contributed by atoms with Crippen molar-refractivity contribution >= 4 is 22.1 Å². The first kappa shape index (κ1) is 15.7. The summed E-state index contributed by atoms with van der Waals surface area (Å²) < 4.78 is 32.2. The van der Waals surface area contributed by atoms with Gasteiger partial charge in [0.25, 0.3) is 0 Å². The van der Waals surface area contributed by atoms with Crippen LogP contribution in [0.15, 0.2) is 0 Å². The van der Waals surface area contributed by atoms with E-state index in [0.717, 1.165) is 0 Å². The van der Waals surface area contributed by atoms with E-state index in [1.807, 2.05) is 18.4 Å². The van der Waals surface area contributed by atoms with E-state index in [0.29, 0.717) is 12.2 Å². The monoisotopic (exact) mass is 221 g/mol. The predicted molar refractivity (Wildman–Crippen MR) is 45.3 cm³/mol. The molecule has 0 aliphatic rings. The van der Waals surface area contributed by atoms with E-state index in [2.05, 4.69) is 0 Å². The largest absolute Gasteiger partial charge is 1.00 e. The number of nitrogens with zero attached hydrogens (tertiary/aromatic N) is 1. The summed E-state index contributed by atoms with van der Waals surface area (Å²) in [4.78, 5) is 0. The van der Waals surface area contributed by atoms with Crippen molar-refractivity contribution in [1.29, 1.82) is 0 Å². The minimum Gasteiger partial charge on any atom is -0.748 e. The third-order valence-electron chi connectivity index (χ3n) is 0.888. The van der Waals surface area contributed by atoms with Crippen LogP contribution in [0.1, 0.15) is 6.42 Å². The second-order valence-corrected chi connectivity index (χ2v) is 5.18. The van der Waals surface area contributed by atoms with Gasteiger partial charge in [-0.3, -0.25) is 4.31 Å². The molecule has 0 radical (unpaired) electrons. The Labute approximate surface area is 100 Å². The molecule has 0 fully saturated rings. The summed E-state index contributed by atoms with van der Waals surface area (Å²) in [6, 6.07) is 0. The summed E-state index contributed by atoms with van der Waals surface area (Å²) in [6.07, 6.45) is 0.425. The van der Waals surface area contributed by atoms with Gasteiger partial charge in [-0.15, -0.1) is 0 Å². The van der Waals surface area contributed by atoms with Crippen LogP contribution in [0.4, 0.5) is 0 Å². The third kappa shape index (κ3) is 13.8. The first-order valence-electron chi connectivity index (χ1n) is 3.15. The van der Waals surface area contributed by atoms with Crippen LogP contribution in [-0.4, -0.2) is 42.9 Å². The van der Waals surface area contributed by atoms with Gasteiger partial charge in [-0.1, -0.05) is 11.9 Å². The minimum absolute atomic E-state index is 0. The molecular weight excluding hydrogens is 209 g/mol. The first-order valence-corrected chi connectivity index (χ1v) is 5.67. The van der Waals surface area contributed by atoms with E-state index in [1.54, 1.807) is 0 Å². The Bertz CT molecular complexity index is 193. The summed E-state index contributed by atoms with van der Waals surface area (Å²) >= 11 is 1.50. The molecule has 68 valence electrons. The third-order valence-corrected chi connectivity index (χ3v) is 2.66. The van der Waals surface area contributed by atoms with Crippen molar-refractivity contribution in [2.24, 2.45) is 0 Å². The Balaban J connectivity index is 0. The maximum absolute atomic E-state index is 10.1. The molecular formula is C5H12NNaO3S2. The normalized spacial score (nSPS) is 11.3. The van der Waals surface area contributed by atoms with Crippen molar-refractivity contribution in [2.75, 3.05) is 25.6 Å². The molecule has 0 aromatic carbocycles. The molecule has 0 saturated carbocycles. The van der Waals surface area contributed by atoms with Crippen molar-refractivity contribution in [3.8, 4) is 0 Å². The standard InChI is InChI=1S/C5H13NO3S2.Na/c1-6(2)10-4-3-5-11(7,8)9;/h3-5H2,1-2H3,(H,7,8,9);/q;+1/p-1. The van der Waals surface area contributed by atoms with Crippen LogP contribution in [0.2, 0.25) is 0 Å². The SMILES string of the molecule is CN(C)SCCCS(=O)(=O)[O-].[Na+]. The topological polar surface area (TPSA) is 60.4 Å². The van der Waals surface area contributed by atoms with E-state index >= 15 is 0 Å². The van der Waals surface area contributed by atoms with Crippen molar-refractivity contribution in [3.05, 3.63) is 0 Å². The molecule has 0 unspecified atom stereocenters. The molecule has 4 nitrogen and oxygen atoms in total. The molecule has 0 spiro atoms. The Morgan fingerprint density at radius 1 is 1.42 bits per heavy atom. The fourth-order valence-electron chi connectivity index (χ4n) is 0.483. The van der Waals surface area contributed by atoms with Gasteiger partial charge in [-0.05, 0) is 20.5 Å². The van der Waals surface area contributed by atoms with Crippen LogP contribution in [0, 0.1) is 0 Å². The van der Waals surface area contributed by atoms with E-state index in [9.17, 15) is 13.0 Å². The quantitative estimate of drug-likeness (QED) is 0.216. The number of rotatable bonds is 5. The van der Waals surface area contributed by atoms with Crippen LogP contribution in [-0.2, 0) is 10.1 Å². The number of hydrogen-bond donors (Lipinski definition) is 0. The number of hydrogen-bond acceptors (Lipinski definition) is 5. The van der Waals surface area contributed by atoms with Gasteiger partial charge in [0.05, 0.1) is 10.1 Å². The molecule has 0 aliphatic heterocycles.